The van der Waals surface area contributed by atoms with E-state index in [0.717, 1.165) is 0 Å². The Morgan fingerprint density at radius 2 is 2.15 bits per heavy atom. The molecule has 0 fully saturated rings. The SMILES string of the molecule is CNCc1cc(S(=O)(=O)NCc2ccccn2)c(Br)o1. The minimum Gasteiger partial charge on any atom is -0.452 e. The summed E-state index contributed by atoms with van der Waals surface area (Å²) >= 11 is 3.12. The Balaban J connectivity index is 2.14. The molecule has 2 aromatic heterocycles. The highest BCUT2D eigenvalue weighted by molar-refractivity contribution is 9.10. The second kappa shape index (κ2) is 6.49. The van der Waals surface area contributed by atoms with Crippen LogP contribution in [0.3, 0.4) is 0 Å². The van der Waals surface area contributed by atoms with Crippen LogP contribution in [-0.2, 0) is 23.1 Å². The van der Waals surface area contributed by atoms with Crippen molar-refractivity contribution in [3.63, 3.8) is 0 Å². The highest BCUT2D eigenvalue weighted by Crippen LogP contribution is 2.26. The van der Waals surface area contributed by atoms with Gasteiger partial charge in [0.1, 0.15) is 10.7 Å². The Morgan fingerprint density at radius 3 is 2.80 bits per heavy atom. The molecule has 2 aromatic rings. The van der Waals surface area contributed by atoms with Crippen molar-refractivity contribution in [1.29, 1.82) is 0 Å². The van der Waals surface area contributed by atoms with E-state index in [1.165, 1.54) is 6.07 Å². The number of rotatable bonds is 6. The molecule has 0 radical (unpaired) electrons. The van der Waals surface area contributed by atoms with Crippen LogP contribution in [0.1, 0.15) is 11.5 Å². The number of nitrogens with zero attached hydrogens (tertiary/aromatic N) is 1. The van der Waals surface area contributed by atoms with Gasteiger partial charge >= 0.3 is 0 Å². The van der Waals surface area contributed by atoms with E-state index in [1.807, 2.05) is 0 Å². The van der Waals surface area contributed by atoms with Crippen LogP contribution in [0.15, 0.2) is 44.4 Å². The zero-order chi connectivity index (χ0) is 14.6. The van der Waals surface area contributed by atoms with Crippen molar-refractivity contribution < 1.29 is 12.8 Å². The maximum Gasteiger partial charge on any atom is 0.245 e. The quantitative estimate of drug-likeness (QED) is 0.818. The fraction of sp³-hybridized carbons (Fsp3) is 0.250. The molecule has 6 nitrogen and oxygen atoms in total. The predicted molar refractivity (Wildman–Crippen MR) is 77.4 cm³/mol. The van der Waals surface area contributed by atoms with E-state index >= 15 is 0 Å². The number of nitrogens with one attached hydrogen (secondary N) is 2. The summed E-state index contributed by atoms with van der Waals surface area (Å²) in [5.74, 6) is 0.539. The Morgan fingerprint density at radius 1 is 1.35 bits per heavy atom. The number of hydrogen-bond donors (Lipinski definition) is 2. The zero-order valence-corrected chi connectivity index (χ0v) is 13.2. The molecule has 0 aliphatic heterocycles. The first-order chi connectivity index (χ1) is 9.53. The maximum absolute atomic E-state index is 12.2. The van der Waals surface area contributed by atoms with Gasteiger partial charge in [0, 0.05) is 12.3 Å². The first-order valence-electron chi connectivity index (χ1n) is 5.85. The third-order valence-electron chi connectivity index (χ3n) is 2.52. The average Bonchev–Trinajstić information content (AvgIpc) is 2.80. The van der Waals surface area contributed by atoms with Gasteiger partial charge in [0.05, 0.1) is 18.8 Å². The monoisotopic (exact) mass is 359 g/mol. The molecule has 2 N–H and O–H groups in total. The largest absolute Gasteiger partial charge is 0.452 e. The van der Waals surface area contributed by atoms with Gasteiger partial charge in [-0.15, -0.1) is 0 Å². The van der Waals surface area contributed by atoms with Crippen LogP contribution in [0.5, 0.6) is 0 Å². The molecule has 0 aliphatic rings. The van der Waals surface area contributed by atoms with Crippen molar-refractivity contribution in [3.8, 4) is 0 Å². The molecule has 0 atom stereocenters. The van der Waals surface area contributed by atoms with Gasteiger partial charge in [-0.3, -0.25) is 4.98 Å². The second-order valence-electron chi connectivity index (χ2n) is 4.03. The number of hydrogen-bond acceptors (Lipinski definition) is 5. The third kappa shape index (κ3) is 3.66. The van der Waals surface area contributed by atoms with Crippen LogP contribution in [-0.4, -0.2) is 20.4 Å². The van der Waals surface area contributed by atoms with E-state index in [2.05, 4.69) is 31.0 Å². The molecule has 0 amide bonds. The van der Waals surface area contributed by atoms with Gasteiger partial charge in [-0.2, -0.15) is 0 Å². The first kappa shape index (κ1) is 15.2. The normalized spacial score (nSPS) is 11.7. The number of aromatic nitrogens is 1. The van der Waals surface area contributed by atoms with Crippen molar-refractivity contribution >= 4 is 26.0 Å². The highest BCUT2D eigenvalue weighted by Gasteiger charge is 2.22. The molecule has 20 heavy (non-hydrogen) atoms. The number of halogens is 1. The number of pyridine rings is 1. The maximum atomic E-state index is 12.2. The van der Waals surface area contributed by atoms with Gasteiger partial charge in [0.25, 0.3) is 0 Å². The van der Waals surface area contributed by atoms with E-state index in [-0.39, 0.29) is 16.1 Å². The Labute approximate surface area is 125 Å². The summed E-state index contributed by atoms with van der Waals surface area (Å²) in [6, 6.07) is 6.81. The predicted octanol–water partition coefficient (Wildman–Crippen LogP) is 1.63. The third-order valence-corrected chi connectivity index (χ3v) is 4.77. The summed E-state index contributed by atoms with van der Waals surface area (Å²) in [7, 11) is -1.89. The Hall–Kier alpha value is -1.22. The standard InChI is InChI=1S/C12H14BrN3O3S/c1-14-8-10-6-11(12(13)19-10)20(17,18)16-7-9-4-2-3-5-15-9/h2-6,14,16H,7-8H2,1H3. The molecular weight excluding hydrogens is 346 g/mol. The van der Waals surface area contributed by atoms with Gasteiger partial charge in [-0.05, 0) is 35.1 Å². The van der Waals surface area contributed by atoms with Gasteiger partial charge in [-0.1, -0.05) is 6.07 Å². The topological polar surface area (TPSA) is 84.2 Å². The minimum atomic E-state index is -3.65. The van der Waals surface area contributed by atoms with Crippen LogP contribution in [0.4, 0.5) is 0 Å². The van der Waals surface area contributed by atoms with Gasteiger partial charge < -0.3 is 9.73 Å². The smallest absolute Gasteiger partial charge is 0.245 e. The number of sulfonamides is 1. The average molecular weight is 360 g/mol. The number of furan rings is 1. The van der Waals surface area contributed by atoms with Crippen LogP contribution in [0, 0.1) is 0 Å². The summed E-state index contributed by atoms with van der Waals surface area (Å²) < 4.78 is 32.4. The highest BCUT2D eigenvalue weighted by atomic mass is 79.9. The zero-order valence-electron chi connectivity index (χ0n) is 10.8. The van der Waals surface area contributed by atoms with Crippen molar-refractivity contribution in [2.24, 2.45) is 0 Å². The van der Waals surface area contributed by atoms with Crippen LogP contribution in [0.2, 0.25) is 0 Å². The van der Waals surface area contributed by atoms with Crippen LogP contribution >= 0.6 is 15.9 Å². The molecule has 0 unspecified atom stereocenters. The van der Waals surface area contributed by atoms with E-state index in [1.54, 1.807) is 31.4 Å². The van der Waals surface area contributed by atoms with Crippen molar-refractivity contribution in [1.82, 2.24) is 15.0 Å². The minimum absolute atomic E-state index is 0.0821. The molecule has 0 saturated carbocycles. The summed E-state index contributed by atoms with van der Waals surface area (Å²) in [4.78, 5) is 4.14. The molecule has 8 heteroatoms. The van der Waals surface area contributed by atoms with E-state index in [0.29, 0.717) is 18.0 Å². The first-order valence-corrected chi connectivity index (χ1v) is 8.13. The lowest BCUT2D eigenvalue weighted by Gasteiger charge is -2.04. The summed E-state index contributed by atoms with van der Waals surface area (Å²) in [6.07, 6.45) is 1.61. The molecule has 2 heterocycles. The molecule has 0 spiro atoms. The molecule has 0 aromatic carbocycles. The van der Waals surface area contributed by atoms with Gasteiger partial charge in [0.15, 0.2) is 4.67 Å². The Bertz CT molecular complexity index is 671. The van der Waals surface area contributed by atoms with Crippen molar-refractivity contribution in [3.05, 3.63) is 46.6 Å². The summed E-state index contributed by atoms with van der Waals surface area (Å²) in [6.45, 7) is 0.580. The van der Waals surface area contributed by atoms with E-state index < -0.39 is 10.0 Å². The molecule has 0 saturated heterocycles. The van der Waals surface area contributed by atoms with Crippen LogP contribution in [0.25, 0.3) is 0 Å². The fourth-order valence-corrected chi connectivity index (χ4v) is 3.59. The van der Waals surface area contributed by atoms with Gasteiger partial charge in [-0.25, -0.2) is 13.1 Å². The summed E-state index contributed by atoms with van der Waals surface area (Å²) in [5, 5.41) is 2.89. The molecule has 0 bridgehead atoms. The van der Waals surface area contributed by atoms with E-state index in [9.17, 15) is 8.42 Å². The lowest BCUT2D eigenvalue weighted by Crippen LogP contribution is -2.23. The lowest BCUT2D eigenvalue weighted by molar-refractivity contribution is 0.470. The van der Waals surface area contributed by atoms with Crippen LogP contribution < -0.4 is 10.0 Å². The molecule has 108 valence electrons. The second-order valence-corrected chi connectivity index (χ2v) is 6.48. The molecular formula is C12H14BrN3O3S. The van der Waals surface area contributed by atoms with E-state index in [4.69, 9.17) is 4.42 Å². The summed E-state index contributed by atoms with van der Waals surface area (Å²) in [5.41, 5.74) is 0.645. The Kier molecular flexibility index (Phi) is 4.92. The molecule has 0 aliphatic carbocycles. The van der Waals surface area contributed by atoms with Crippen molar-refractivity contribution in [2.75, 3.05) is 7.05 Å². The fourth-order valence-electron chi connectivity index (χ4n) is 1.59. The van der Waals surface area contributed by atoms with Crippen molar-refractivity contribution in [2.45, 2.75) is 18.0 Å². The van der Waals surface area contributed by atoms with Gasteiger partial charge in [0.2, 0.25) is 10.0 Å². The lowest BCUT2D eigenvalue weighted by atomic mass is 10.4. The molecule has 2 rings (SSSR count).